The van der Waals surface area contributed by atoms with Crippen LogP contribution in [0.2, 0.25) is 0 Å². The molecule has 0 atom stereocenters. The van der Waals surface area contributed by atoms with Gasteiger partial charge in [0.25, 0.3) is 0 Å². The van der Waals surface area contributed by atoms with Crippen LogP contribution in [-0.4, -0.2) is 5.75 Å². The molecule has 500 valence electrons. The number of hydrogen-bond acceptors (Lipinski definition) is 1. The Balaban J connectivity index is 3.08. The molecule has 0 aliphatic carbocycles. The Hall–Kier alpha value is 0.350. The second-order valence-corrected chi connectivity index (χ2v) is 29.1. The second-order valence-electron chi connectivity index (χ2n) is 28.7. The van der Waals surface area contributed by atoms with Gasteiger partial charge in [-0.2, -0.15) is 12.6 Å². The van der Waals surface area contributed by atoms with Crippen LogP contribution < -0.4 is 0 Å². The van der Waals surface area contributed by atoms with E-state index in [2.05, 4.69) is 19.6 Å². The van der Waals surface area contributed by atoms with Crippen molar-refractivity contribution in [2.75, 3.05) is 5.75 Å². The third-order valence-corrected chi connectivity index (χ3v) is 20.3. The maximum atomic E-state index is 4.31. The largest absolute Gasteiger partial charge is 0.179 e. The monoisotopic (exact) mass is 1180 g/mol. The maximum Gasteiger partial charge on any atom is -0.00979 e. The van der Waals surface area contributed by atoms with Crippen molar-refractivity contribution in [2.24, 2.45) is 0 Å². The quantitative estimate of drug-likeness (QED) is 0.0455. The van der Waals surface area contributed by atoms with Crippen LogP contribution in [0.25, 0.3) is 0 Å². The van der Waals surface area contributed by atoms with Gasteiger partial charge in [-0.25, -0.2) is 0 Å². The fourth-order valence-electron chi connectivity index (χ4n) is 14.0. The highest BCUT2D eigenvalue weighted by Crippen LogP contribution is 2.22. The lowest BCUT2D eigenvalue weighted by atomic mass is 10.0. The lowest BCUT2D eigenvalue weighted by Crippen LogP contribution is -1.85. The molecule has 0 saturated heterocycles. The van der Waals surface area contributed by atoms with E-state index in [0.717, 1.165) is 5.75 Å². The van der Waals surface area contributed by atoms with E-state index in [9.17, 15) is 0 Å². The van der Waals surface area contributed by atoms with Crippen molar-refractivity contribution in [1.82, 2.24) is 0 Å². The van der Waals surface area contributed by atoms with Gasteiger partial charge in [-0.05, 0) is 12.2 Å². The summed E-state index contributed by atoms with van der Waals surface area (Å²) >= 11 is 4.31. The average Bonchev–Trinajstić information content (AvgIpc) is 3.49. The van der Waals surface area contributed by atoms with E-state index in [1.54, 1.807) is 0 Å². The molecular weight excluding hydrogens is 1020 g/mol. The zero-order valence-electron chi connectivity index (χ0n) is 58.7. The van der Waals surface area contributed by atoms with Crippen LogP contribution in [0.3, 0.4) is 0 Å². The molecule has 83 heavy (non-hydrogen) atoms. The molecule has 0 saturated carbocycles. The molecule has 0 aliphatic rings. The highest BCUT2D eigenvalue weighted by atomic mass is 32.1. The Labute approximate surface area is 535 Å². The Kier molecular flexibility index (Phi) is 82.7. The molecule has 0 nitrogen and oxygen atoms in total. The van der Waals surface area contributed by atoms with Crippen LogP contribution in [0.4, 0.5) is 0 Å². The van der Waals surface area contributed by atoms with Gasteiger partial charge < -0.3 is 0 Å². The molecule has 0 aliphatic heterocycles. The van der Waals surface area contributed by atoms with Gasteiger partial charge in [-0.3, -0.25) is 0 Å². The predicted molar refractivity (Wildman–Crippen MR) is 389 cm³/mol. The number of unbranched alkanes of at least 4 members (excludes halogenated alkanes) is 79. The number of thiol groups is 1. The second kappa shape index (κ2) is 82.3. The van der Waals surface area contributed by atoms with Gasteiger partial charge in [0.1, 0.15) is 0 Å². The Bertz CT molecular complexity index is 955. The first-order valence-corrected chi connectivity index (χ1v) is 41.7. The summed E-state index contributed by atoms with van der Waals surface area (Å²) in [5.74, 6) is 1.07. The fraction of sp³-hybridized carbons (Fsp3) is 1.00. The van der Waals surface area contributed by atoms with Crippen LogP contribution in [0.15, 0.2) is 0 Å². The van der Waals surface area contributed by atoms with Gasteiger partial charge in [-0.1, -0.05) is 514 Å². The molecular formula is C82H166S. The highest BCUT2D eigenvalue weighted by Gasteiger charge is 2.02. The molecule has 1 heteroatoms. The lowest BCUT2D eigenvalue weighted by Gasteiger charge is -2.05. The van der Waals surface area contributed by atoms with Crippen molar-refractivity contribution in [3.05, 3.63) is 0 Å². The summed E-state index contributed by atoms with van der Waals surface area (Å²) in [5, 5.41) is 0. The molecule has 0 amide bonds. The molecule has 0 radical (unpaired) electrons. The smallest absolute Gasteiger partial charge is 0.00979 e. The first-order chi connectivity index (χ1) is 41.4. The zero-order chi connectivity index (χ0) is 59.3. The van der Waals surface area contributed by atoms with E-state index in [0.29, 0.717) is 0 Å². The fourth-order valence-corrected chi connectivity index (χ4v) is 14.2. The van der Waals surface area contributed by atoms with Crippen molar-refractivity contribution in [3.63, 3.8) is 0 Å². The van der Waals surface area contributed by atoms with Gasteiger partial charge in [0.15, 0.2) is 0 Å². The van der Waals surface area contributed by atoms with Crippen molar-refractivity contribution < 1.29 is 0 Å². The molecule has 0 aromatic carbocycles. The topological polar surface area (TPSA) is 0 Å². The number of hydrogen-bond donors (Lipinski definition) is 1. The van der Waals surface area contributed by atoms with Crippen molar-refractivity contribution in [2.45, 2.75) is 521 Å². The Morgan fingerprint density at radius 2 is 0.157 bits per heavy atom. The minimum atomic E-state index is 1.07. The minimum absolute atomic E-state index is 1.07. The standard InChI is InChI=1S/C82H166S/c1-2-3-4-5-6-7-8-9-10-11-12-13-14-15-16-17-18-19-20-21-22-23-24-25-26-27-28-29-30-31-32-33-34-35-36-37-38-39-40-41-42-43-44-45-46-47-48-49-50-51-52-53-54-55-56-57-58-59-60-61-62-63-64-65-66-67-68-69-70-71-72-73-74-75-76-77-78-79-80-81-82-83/h83H,2-82H2,1H3. The lowest BCUT2D eigenvalue weighted by molar-refractivity contribution is 0.505. The summed E-state index contributed by atoms with van der Waals surface area (Å²) in [6, 6.07) is 0. The van der Waals surface area contributed by atoms with Crippen LogP contribution in [0, 0.1) is 0 Å². The SMILES string of the molecule is CCCCCCCCCCCCCCCCCCCCCCCCCCCCCCCCCCCCCCCCCCCCCCCCCCCCCCCCCCCCCCCCCCCCCCCCCCCCCCCCCCS. The summed E-state index contributed by atoms with van der Waals surface area (Å²) < 4.78 is 0. The first-order valence-electron chi connectivity index (χ1n) is 41.0. The highest BCUT2D eigenvalue weighted by molar-refractivity contribution is 7.80. The maximum absolute atomic E-state index is 4.31. The summed E-state index contributed by atoms with van der Waals surface area (Å²) in [7, 11) is 0. The average molecular weight is 1180 g/mol. The Morgan fingerprint density at radius 1 is 0.0964 bits per heavy atom. The minimum Gasteiger partial charge on any atom is -0.179 e. The molecule has 0 aromatic heterocycles. The zero-order valence-corrected chi connectivity index (χ0v) is 59.6. The summed E-state index contributed by atoms with van der Waals surface area (Å²) in [6.07, 6.45) is 119. The Morgan fingerprint density at radius 3 is 0.217 bits per heavy atom. The van der Waals surface area contributed by atoms with E-state index < -0.39 is 0 Å². The molecule has 0 aromatic rings. The third-order valence-electron chi connectivity index (χ3n) is 20.0. The van der Waals surface area contributed by atoms with Gasteiger partial charge in [-0.15, -0.1) is 0 Å². The van der Waals surface area contributed by atoms with Crippen LogP contribution in [0.5, 0.6) is 0 Å². The molecule has 0 spiro atoms. The van der Waals surface area contributed by atoms with E-state index in [4.69, 9.17) is 0 Å². The number of rotatable bonds is 80. The van der Waals surface area contributed by atoms with E-state index in [-0.39, 0.29) is 0 Å². The van der Waals surface area contributed by atoms with Crippen LogP contribution in [-0.2, 0) is 0 Å². The summed E-state index contributed by atoms with van der Waals surface area (Å²) in [4.78, 5) is 0. The van der Waals surface area contributed by atoms with E-state index in [1.807, 2.05) is 0 Å². The van der Waals surface area contributed by atoms with Gasteiger partial charge >= 0.3 is 0 Å². The molecule has 0 bridgehead atoms. The van der Waals surface area contributed by atoms with Crippen LogP contribution in [0.1, 0.15) is 521 Å². The molecule has 0 fully saturated rings. The summed E-state index contributed by atoms with van der Waals surface area (Å²) in [5.41, 5.74) is 0. The molecule has 0 heterocycles. The van der Waals surface area contributed by atoms with Gasteiger partial charge in [0.2, 0.25) is 0 Å². The first kappa shape index (κ1) is 83.4. The van der Waals surface area contributed by atoms with Gasteiger partial charge in [0, 0.05) is 0 Å². The van der Waals surface area contributed by atoms with E-state index >= 15 is 0 Å². The predicted octanol–water partition coefficient (Wildman–Crippen LogP) is 32.1. The summed E-state index contributed by atoms with van der Waals surface area (Å²) in [6.45, 7) is 2.32. The third kappa shape index (κ3) is 82.3. The van der Waals surface area contributed by atoms with Gasteiger partial charge in [0.05, 0.1) is 0 Å². The normalized spacial score (nSPS) is 11.8. The molecule has 0 rings (SSSR count). The molecule has 0 N–H and O–H groups in total. The van der Waals surface area contributed by atoms with Crippen LogP contribution >= 0.6 is 12.6 Å². The van der Waals surface area contributed by atoms with E-state index in [1.165, 1.54) is 514 Å². The van der Waals surface area contributed by atoms with Crippen molar-refractivity contribution in [1.29, 1.82) is 0 Å². The van der Waals surface area contributed by atoms with Crippen molar-refractivity contribution >= 4 is 12.6 Å². The van der Waals surface area contributed by atoms with Crippen molar-refractivity contribution in [3.8, 4) is 0 Å². The molecule has 0 unspecified atom stereocenters.